The molecule has 2 heterocycles. The summed E-state index contributed by atoms with van der Waals surface area (Å²) in [6.45, 7) is 0. The lowest BCUT2D eigenvalue weighted by Crippen LogP contribution is -2.29. The van der Waals surface area contributed by atoms with E-state index in [1.807, 2.05) is 0 Å². The number of nitrogens with zero attached hydrogens (tertiary/aromatic N) is 2. The van der Waals surface area contributed by atoms with Gasteiger partial charge in [0.2, 0.25) is 0 Å². The molecule has 0 radical (unpaired) electrons. The fourth-order valence-electron chi connectivity index (χ4n) is 7.44. The fourth-order valence-corrected chi connectivity index (χ4v) is 7.44. The molecule has 0 unspecified atom stereocenters. The molecular weight excluding hydrogens is 792 g/mol. The largest absolute Gasteiger partial charge is 0.417 e. The molecule has 0 saturated carbocycles. The molecule has 0 spiro atoms. The Hall–Kier alpha value is -6.58. The summed E-state index contributed by atoms with van der Waals surface area (Å²) >= 11 is 0. The zero-order valence-corrected chi connectivity index (χ0v) is 28.8. The number of imide groups is 1. The Labute approximate surface area is 318 Å². The summed E-state index contributed by atoms with van der Waals surface area (Å²) in [7, 11) is 0. The van der Waals surface area contributed by atoms with E-state index in [1.54, 1.807) is 6.07 Å². The number of fused-ring (bicyclic) bond motifs is 4. The highest BCUT2D eigenvalue weighted by Crippen LogP contribution is 2.49. The second-order valence-electron chi connectivity index (χ2n) is 13.2. The maximum atomic E-state index is 14.7. The molecule has 1 aliphatic rings. The van der Waals surface area contributed by atoms with E-state index in [2.05, 4.69) is 0 Å². The van der Waals surface area contributed by atoms with Crippen LogP contribution >= 0.6 is 0 Å². The molecule has 2 amide bonds. The lowest BCUT2D eigenvalue weighted by molar-refractivity contribution is -0.144. The van der Waals surface area contributed by atoms with Gasteiger partial charge in [-0.1, -0.05) is 72.8 Å². The van der Waals surface area contributed by atoms with Crippen molar-refractivity contribution in [3.63, 3.8) is 0 Å². The van der Waals surface area contributed by atoms with Gasteiger partial charge >= 0.3 is 24.7 Å². The molecule has 0 N–H and O–H groups in total. The Balaban J connectivity index is 1.54. The minimum atomic E-state index is -5.38. The maximum Gasteiger partial charge on any atom is 0.417 e. The van der Waals surface area contributed by atoms with E-state index in [0.717, 1.165) is 21.6 Å². The third-order valence-corrected chi connectivity index (χ3v) is 9.84. The number of aromatic nitrogens is 1. The Morgan fingerprint density at radius 3 is 1.29 bits per heavy atom. The lowest BCUT2D eigenvalue weighted by Gasteiger charge is -2.20. The molecule has 7 aromatic rings. The minimum Gasteiger partial charge on any atom is -0.307 e. The van der Waals surface area contributed by atoms with Crippen LogP contribution in [0.2, 0.25) is 0 Å². The number of para-hydroxylation sites is 3. The van der Waals surface area contributed by atoms with E-state index in [4.69, 9.17) is 0 Å². The van der Waals surface area contributed by atoms with Gasteiger partial charge in [0.15, 0.2) is 0 Å². The molecule has 1 aromatic heterocycles. The number of amides is 2. The summed E-state index contributed by atoms with van der Waals surface area (Å²) in [6.07, 6.45) is -21.1. The van der Waals surface area contributed by atoms with Crippen molar-refractivity contribution in [2.24, 2.45) is 0 Å². The van der Waals surface area contributed by atoms with Crippen LogP contribution in [-0.2, 0) is 24.7 Å². The van der Waals surface area contributed by atoms with Crippen molar-refractivity contribution in [2.45, 2.75) is 24.7 Å². The first kappa shape index (κ1) is 38.3. The Morgan fingerprint density at radius 2 is 0.845 bits per heavy atom. The van der Waals surface area contributed by atoms with Gasteiger partial charge in [-0.05, 0) is 59.7 Å². The van der Waals surface area contributed by atoms with Crippen molar-refractivity contribution in [1.29, 1.82) is 0 Å². The quantitative estimate of drug-likeness (QED) is 0.131. The molecule has 0 aliphatic carbocycles. The average molecular weight is 813 g/mol. The predicted octanol–water partition coefficient (Wildman–Crippen LogP) is 13.0. The number of hydrogen-bond acceptors (Lipinski definition) is 2. The van der Waals surface area contributed by atoms with E-state index in [9.17, 15) is 62.3 Å². The highest BCUT2D eigenvalue weighted by atomic mass is 19.4. The van der Waals surface area contributed by atoms with Crippen LogP contribution in [0.5, 0.6) is 0 Å². The molecule has 0 atom stereocenters. The van der Waals surface area contributed by atoms with E-state index >= 15 is 0 Å². The fraction of sp³-hybridized carbons (Fsp3) is 0.0952. The molecule has 0 bridgehead atoms. The Kier molecular flexibility index (Phi) is 8.57. The van der Waals surface area contributed by atoms with Crippen molar-refractivity contribution in [3.8, 4) is 27.9 Å². The molecule has 0 saturated heterocycles. The topological polar surface area (TPSA) is 42.3 Å². The van der Waals surface area contributed by atoms with Crippen LogP contribution in [0.25, 0.3) is 49.7 Å². The number of anilines is 1. The van der Waals surface area contributed by atoms with Crippen LogP contribution in [-0.4, -0.2) is 16.4 Å². The van der Waals surface area contributed by atoms with E-state index in [1.165, 1.54) is 66.7 Å². The molecule has 0 fully saturated rings. The number of alkyl halides is 12. The normalized spacial score (nSPS) is 13.9. The van der Waals surface area contributed by atoms with Gasteiger partial charge in [0, 0.05) is 21.9 Å². The van der Waals surface area contributed by atoms with Gasteiger partial charge < -0.3 is 4.57 Å². The van der Waals surface area contributed by atoms with Crippen molar-refractivity contribution >= 4 is 39.3 Å². The van der Waals surface area contributed by atoms with E-state index in [0.29, 0.717) is 24.3 Å². The molecule has 294 valence electrons. The van der Waals surface area contributed by atoms with E-state index < -0.39 is 69.9 Å². The van der Waals surface area contributed by atoms with Crippen LogP contribution in [0, 0.1) is 0 Å². The molecule has 4 nitrogen and oxygen atoms in total. The Bertz CT molecular complexity index is 2700. The van der Waals surface area contributed by atoms with Gasteiger partial charge in [0.05, 0.1) is 55.8 Å². The minimum absolute atomic E-state index is 0.0390. The second-order valence-corrected chi connectivity index (χ2v) is 13.2. The average Bonchev–Trinajstić information content (AvgIpc) is 3.64. The molecule has 58 heavy (non-hydrogen) atoms. The van der Waals surface area contributed by atoms with Crippen LogP contribution in [0.15, 0.2) is 121 Å². The third kappa shape index (κ3) is 6.14. The van der Waals surface area contributed by atoms with Gasteiger partial charge in [-0.2, -0.15) is 52.7 Å². The number of halogens is 12. The van der Waals surface area contributed by atoms with Gasteiger partial charge in [0.25, 0.3) is 11.8 Å². The summed E-state index contributed by atoms with van der Waals surface area (Å²) in [5, 5.41) is 0.0780. The zero-order chi connectivity index (χ0) is 41.7. The summed E-state index contributed by atoms with van der Waals surface area (Å²) in [5.74, 6) is -1.75. The number of benzene rings is 6. The first-order valence-electron chi connectivity index (χ1n) is 16.9. The number of carbonyl (C=O) groups excluding carboxylic acids is 2. The SMILES string of the molecule is O=C1c2cccc(-n3c4c(-c5ccc(C(F)(F)F)cc5C(F)(F)F)cccc4c4cccc(-c5ccc(C(F)(F)F)cc5C(F)(F)F)c43)c2C(=O)N1c1ccccc1. The first-order valence-corrected chi connectivity index (χ1v) is 16.9. The van der Waals surface area contributed by atoms with Gasteiger partial charge in [0.1, 0.15) is 0 Å². The van der Waals surface area contributed by atoms with Crippen molar-refractivity contribution in [1.82, 2.24) is 4.57 Å². The highest BCUT2D eigenvalue weighted by Gasteiger charge is 2.43. The summed E-state index contributed by atoms with van der Waals surface area (Å²) < 4.78 is 172. The van der Waals surface area contributed by atoms with Crippen molar-refractivity contribution in [3.05, 3.63) is 155 Å². The van der Waals surface area contributed by atoms with Crippen LogP contribution in [0.1, 0.15) is 43.0 Å². The predicted molar refractivity (Wildman–Crippen MR) is 189 cm³/mol. The van der Waals surface area contributed by atoms with E-state index in [-0.39, 0.29) is 67.6 Å². The van der Waals surface area contributed by atoms with Crippen LogP contribution in [0.3, 0.4) is 0 Å². The Morgan fingerprint density at radius 1 is 0.397 bits per heavy atom. The summed E-state index contributed by atoms with van der Waals surface area (Å²) in [4.78, 5) is 29.0. The molecule has 16 heteroatoms. The summed E-state index contributed by atoms with van der Waals surface area (Å²) in [6, 6.07) is 20.9. The summed E-state index contributed by atoms with van der Waals surface area (Å²) in [5.41, 5.74) is -10.1. The monoisotopic (exact) mass is 812 g/mol. The van der Waals surface area contributed by atoms with Gasteiger partial charge in [-0.15, -0.1) is 0 Å². The smallest absolute Gasteiger partial charge is 0.307 e. The third-order valence-electron chi connectivity index (χ3n) is 9.84. The highest BCUT2D eigenvalue weighted by molar-refractivity contribution is 6.36. The second kappa shape index (κ2) is 13.0. The molecular formula is C42H20F12N2O2. The van der Waals surface area contributed by atoms with Crippen LogP contribution < -0.4 is 4.90 Å². The molecule has 6 aromatic carbocycles. The number of carbonyl (C=O) groups is 2. The zero-order valence-electron chi connectivity index (χ0n) is 28.8. The molecule has 8 rings (SSSR count). The van der Waals surface area contributed by atoms with Gasteiger partial charge in [-0.3, -0.25) is 9.59 Å². The maximum absolute atomic E-state index is 14.7. The molecule has 1 aliphatic heterocycles. The standard InChI is InChI=1S/C42H20F12N2O2/c43-39(44,45)21-15-17-24(31(19-21)41(49,50)51)26-9-4-11-28-29-12-5-10-27(25-18-16-22(40(46,47)48)20-32(25)42(52,53)54)36(29)56(35(26)28)33-14-6-13-30-34(33)38(58)55(37(30)57)23-7-2-1-3-8-23/h1-20H. The van der Waals surface area contributed by atoms with Crippen LogP contribution in [0.4, 0.5) is 58.4 Å². The number of hydrogen-bond donors (Lipinski definition) is 0. The lowest BCUT2D eigenvalue weighted by atomic mass is 9.94. The first-order chi connectivity index (χ1) is 27.2. The van der Waals surface area contributed by atoms with Crippen molar-refractivity contribution in [2.75, 3.05) is 4.90 Å². The van der Waals surface area contributed by atoms with Gasteiger partial charge in [-0.25, -0.2) is 4.90 Å². The van der Waals surface area contributed by atoms with Crippen molar-refractivity contribution < 1.29 is 62.3 Å². The number of rotatable bonds is 4.